The first-order valence-electron chi connectivity index (χ1n) is 12.3. The third-order valence-corrected chi connectivity index (χ3v) is 6.88. The average molecular weight is 520 g/mol. The quantitative estimate of drug-likeness (QED) is 0.488. The first kappa shape index (κ1) is 25.2. The van der Waals surface area contributed by atoms with Gasteiger partial charge in [-0.05, 0) is 29.8 Å². The van der Waals surface area contributed by atoms with Gasteiger partial charge in [-0.15, -0.1) is 0 Å². The molecule has 192 valence electrons. The standard InChI is InChI=1S/C27H30ClN7O2/c1-32-18-22(13-29)27-25(12-24(19-35(27)32)37-10-9-36-2)21-3-4-26(31-15-21)34-7-5-33(6-8-34)17-20-11-23(28)16-30-14-20/h3-4,11-12,14-16,19H,5-10,17-18H2,1-2H3. The van der Waals surface area contributed by atoms with Crippen molar-refractivity contribution in [1.29, 1.82) is 5.26 Å². The Balaban J connectivity index is 1.29. The molecule has 37 heavy (non-hydrogen) atoms. The molecular formula is C27H30ClN7O2. The molecule has 5 rings (SSSR count). The molecule has 0 bridgehead atoms. The minimum Gasteiger partial charge on any atom is -0.490 e. The van der Waals surface area contributed by atoms with Crippen molar-refractivity contribution in [2.45, 2.75) is 6.54 Å². The van der Waals surface area contributed by atoms with Gasteiger partial charge in [0.1, 0.15) is 18.2 Å². The van der Waals surface area contributed by atoms with E-state index in [4.69, 9.17) is 26.1 Å². The molecule has 0 amide bonds. The summed E-state index contributed by atoms with van der Waals surface area (Å²) in [6.07, 6.45) is 9.32. The monoisotopic (exact) mass is 519 g/mol. The number of piperazine rings is 1. The molecule has 0 radical (unpaired) electrons. The van der Waals surface area contributed by atoms with Gasteiger partial charge in [-0.3, -0.25) is 14.9 Å². The number of likely N-dealkylation sites (N-methyl/N-ethyl adjacent to an activating group) is 1. The van der Waals surface area contributed by atoms with E-state index in [0.717, 1.165) is 72.3 Å². The van der Waals surface area contributed by atoms with Gasteiger partial charge in [0.25, 0.3) is 0 Å². The van der Waals surface area contributed by atoms with Gasteiger partial charge in [0.05, 0.1) is 41.7 Å². The zero-order valence-corrected chi connectivity index (χ0v) is 21.9. The molecule has 5 heterocycles. The second kappa shape index (κ2) is 11.3. The Morgan fingerprint density at radius 3 is 2.65 bits per heavy atom. The number of pyridine rings is 2. The zero-order valence-electron chi connectivity index (χ0n) is 21.1. The van der Waals surface area contributed by atoms with E-state index in [2.05, 4.69) is 33.0 Å². The summed E-state index contributed by atoms with van der Waals surface area (Å²) in [7, 11) is 3.61. The highest BCUT2D eigenvalue weighted by Gasteiger charge is 2.33. The van der Waals surface area contributed by atoms with Gasteiger partial charge in [-0.2, -0.15) is 5.26 Å². The van der Waals surface area contributed by atoms with Crippen LogP contribution < -0.4 is 4.90 Å². The average Bonchev–Trinajstić information content (AvgIpc) is 3.24. The molecule has 0 unspecified atom stereocenters. The molecule has 2 aromatic heterocycles. The van der Waals surface area contributed by atoms with Crippen LogP contribution in [0.5, 0.6) is 0 Å². The van der Waals surface area contributed by atoms with E-state index >= 15 is 0 Å². The largest absolute Gasteiger partial charge is 0.490 e. The van der Waals surface area contributed by atoms with E-state index in [9.17, 15) is 5.26 Å². The summed E-state index contributed by atoms with van der Waals surface area (Å²) < 4.78 is 11.0. The Bertz CT molecular complexity index is 1260. The number of fused-ring (bicyclic) bond motifs is 1. The van der Waals surface area contributed by atoms with Crippen LogP contribution in [-0.4, -0.2) is 85.0 Å². The second-order valence-electron chi connectivity index (χ2n) is 9.21. The van der Waals surface area contributed by atoms with Crippen LogP contribution >= 0.6 is 11.6 Å². The van der Waals surface area contributed by atoms with Crippen molar-refractivity contribution in [2.24, 2.45) is 0 Å². The number of anilines is 1. The molecule has 0 aliphatic carbocycles. The molecule has 1 fully saturated rings. The molecular weight excluding hydrogens is 490 g/mol. The Morgan fingerprint density at radius 2 is 1.95 bits per heavy atom. The molecule has 0 spiro atoms. The molecule has 0 saturated carbocycles. The molecule has 3 aliphatic rings. The maximum atomic E-state index is 9.78. The lowest BCUT2D eigenvalue weighted by atomic mass is 9.98. The number of methoxy groups -OCH3 is 1. The van der Waals surface area contributed by atoms with Crippen molar-refractivity contribution >= 4 is 23.0 Å². The van der Waals surface area contributed by atoms with Gasteiger partial charge < -0.3 is 14.4 Å². The van der Waals surface area contributed by atoms with Crippen LogP contribution in [0.4, 0.5) is 5.82 Å². The maximum absolute atomic E-state index is 9.78. The van der Waals surface area contributed by atoms with Gasteiger partial charge >= 0.3 is 0 Å². The third kappa shape index (κ3) is 5.63. The Morgan fingerprint density at radius 1 is 1.11 bits per heavy atom. The lowest BCUT2D eigenvalue weighted by Crippen LogP contribution is -2.46. The first-order valence-corrected chi connectivity index (χ1v) is 12.7. The van der Waals surface area contributed by atoms with E-state index in [1.165, 1.54) is 0 Å². The van der Waals surface area contributed by atoms with Gasteiger partial charge in [-0.25, -0.2) is 9.99 Å². The van der Waals surface area contributed by atoms with Gasteiger partial charge in [0, 0.05) is 76.6 Å². The number of halogens is 1. The van der Waals surface area contributed by atoms with Crippen LogP contribution in [0.3, 0.4) is 0 Å². The normalized spacial score (nSPS) is 18.4. The fourth-order valence-corrected chi connectivity index (χ4v) is 5.00. The fourth-order valence-electron chi connectivity index (χ4n) is 4.80. The van der Waals surface area contributed by atoms with Crippen molar-refractivity contribution in [2.75, 3.05) is 65.0 Å². The summed E-state index contributed by atoms with van der Waals surface area (Å²) in [5.41, 5.74) is 4.59. The molecule has 3 aliphatic heterocycles. The van der Waals surface area contributed by atoms with Crippen LogP contribution in [0.1, 0.15) is 11.1 Å². The zero-order chi connectivity index (χ0) is 25.8. The van der Waals surface area contributed by atoms with Crippen LogP contribution in [0, 0.1) is 11.3 Å². The number of hydrogen-bond donors (Lipinski definition) is 0. The van der Waals surface area contributed by atoms with Crippen molar-refractivity contribution in [1.82, 2.24) is 24.9 Å². The van der Waals surface area contributed by atoms with E-state index < -0.39 is 0 Å². The summed E-state index contributed by atoms with van der Waals surface area (Å²) in [5.74, 6) is 1.67. The molecule has 0 N–H and O–H groups in total. The highest BCUT2D eigenvalue weighted by Crippen LogP contribution is 2.38. The summed E-state index contributed by atoms with van der Waals surface area (Å²) in [6, 6.07) is 8.48. The summed E-state index contributed by atoms with van der Waals surface area (Å²) >= 11 is 6.08. The van der Waals surface area contributed by atoms with Crippen LogP contribution in [0.15, 0.2) is 66.1 Å². The molecule has 0 atom stereocenters. The lowest BCUT2D eigenvalue weighted by molar-refractivity contribution is 0.0963. The molecule has 1 saturated heterocycles. The van der Waals surface area contributed by atoms with Crippen molar-refractivity contribution < 1.29 is 9.47 Å². The molecule has 2 aromatic rings. The third-order valence-electron chi connectivity index (χ3n) is 6.67. The van der Waals surface area contributed by atoms with Crippen LogP contribution in [0.25, 0.3) is 5.57 Å². The number of hydrazine groups is 1. The lowest BCUT2D eigenvalue weighted by Gasteiger charge is -2.35. The predicted molar refractivity (Wildman–Crippen MR) is 142 cm³/mol. The summed E-state index contributed by atoms with van der Waals surface area (Å²) in [5, 5.41) is 14.4. The number of nitriles is 1. The number of aromatic nitrogens is 2. The Hall–Kier alpha value is -3.42. The number of allylic oxidation sites excluding steroid dienone is 2. The molecule has 10 heteroatoms. The van der Waals surface area contributed by atoms with E-state index in [0.29, 0.717) is 24.8 Å². The first-order chi connectivity index (χ1) is 18.1. The van der Waals surface area contributed by atoms with Crippen molar-refractivity contribution in [3.8, 4) is 6.07 Å². The van der Waals surface area contributed by atoms with Crippen molar-refractivity contribution in [3.05, 3.63) is 82.2 Å². The van der Waals surface area contributed by atoms with E-state index in [1.807, 2.05) is 47.8 Å². The van der Waals surface area contributed by atoms with E-state index in [-0.39, 0.29) is 0 Å². The second-order valence-corrected chi connectivity index (χ2v) is 9.65. The highest BCUT2D eigenvalue weighted by molar-refractivity contribution is 6.30. The van der Waals surface area contributed by atoms with Gasteiger partial charge in [-0.1, -0.05) is 11.6 Å². The van der Waals surface area contributed by atoms with E-state index in [1.54, 1.807) is 13.3 Å². The summed E-state index contributed by atoms with van der Waals surface area (Å²) in [4.78, 5) is 13.7. The molecule has 9 nitrogen and oxygen atoms in total. The Kier molecular flexibility index (Phi) is 7.72. The Labute approximate surface area is 222 Å². The predicted octanol–water partition coefficient (Wildman–Crippen LogP) is 3.29. The van der Waals surface area contributed by atoms with Crippen LogP contribution in [0.2, 0.25) is 5.02 Å². The molecule has 0 aromatic carbocycles. The smallest absolute Gasteiger partial charge is 0.137 e. The topological polar surface area (TPSA) is 81.0 Å². The fraction of sp³-hybridized carbons (Fsp3) is 0.370. The number of hydrogen-bond acceptors (Lipinski definition) is 9. The number of ether oxygens (including phenoxy) is 2. The van der Waals surface area contributed by atoms with Crippen molar-refractivity contribution in [3.63, 3.8) is 0 Å². The highest BCUT2D eigenvalue weighted by atomic mass is 35.5. The van der Waals surface area contributed by atoms with Gasteiger partial charge in [0.15, 0.2) is 0 Å². The minimum absolute atomic E-state index is 0.449. The minimum atomic E-state index is 0.449. The van der Waals surface area contributed by atoms with Gasteiger partial charge in [0.2, 0.25) is 0 Å². The SMILES string of the molecule is COCCOC1=CN2C(=C(C#N)CN2C)C(c2ccc(N3CCN(Cc4cncc(Cl)c4)CC3)nc2)=C1. The number of nitrogens with zero attached hydrogens (tertiary/aromatic N) is 7. The van der Waals surface area contributed by atoms with Crippen LogP contribution in [-0.2, 0) is 16.0 Å². The number of rotatable bonds is 8. The maximum Gasteiger partial charge on any atom is 0.137 e. The summed E-state index contributed by atoms with van der Waals surface area (Å²) in [6.45, 7) is 6.00.